The van der Waals surface area contributed by atoms with Crippen LogP contribution in [-0.4, -0.2) is 15.5 Å². The maximum Gasteiger partial charge on any atom is 0.270 e. The van der Waals surface area contributed by atoms with Crippen molar-refractivity contribution in [2.24, 2.45) is 0 Å². The summed E-state index contributed by atoms with van der Waals surface area (Å²) in [5, 5.41) is -1.40. The molecule has 0 N–H and O–H groups in total. The van der Waals surface area contributed by atoms with Gasteiger partial charge in [-0.15, -0.1) is 0 Å². The predicted molar refractivity (Wildman–Crippen MR) is 49.6 cm³/mol. The highest BCUT2D eigenvalue weighted by Crippen LogP contribution is 2.14. The van der Waals surface area contributed by atoms with E-state index in [1.807, 2.05) is 0 Å². The van der Waals surface area contributed by atoms with Crippen LogP contribution in [0, 0.1) is 0 Å². The summed E-state index contributed by atoms with van der Waals surface area (Å²) in [5.41, 5.74) is -0.198. The molecule has 0 aliphatic carbocycles. The van der Waals surface area contributed by atoms with E-state index in [0.29, 0.717) is 0 Å². The van der Waals surface area contributed by atoms with Crippen LogP contribution in [-0.2, 0) is 0 Å². The normalized spacial score (nSPS) is 9.77. The molecule has 0 radical (unpaired) electrons. The molecule has 68 valence electrons. The van der Waals surface area contributed by atoms with Gasteiger partial charge in [-0.25, -0.2) is 4.98 Å². The minimum absolute atomic E-state index is 0.0989. The van der Waals surface area contributed by atoms with E-state index < -0.39 is 10.5 Å². The molecule has 1 rings (SSSR count). The lowest BCUT2D eigenvalue weighted by Gasteiger charge is -1.97. The van der Waals surface area contributed by atoms with E-state index in [4.69, 9.17) is 34.8 Å². The molecule has 0 saturated carbocycles. The highest BCUT2D eigenvalue weighted by molar-refractivity contribution is 6.68. The molecule has 0 aromatic carbocycles. The SMILES string of the molecule is O=C(Cl)c1cc(Cl)cc(C(=O)Cl)n1. The number of nitrogens with zero attached hydrogens (tertiary/aromatic N) is 1. The third kappa shape index (κ3) is 2.66. The van der Waals surface area contributed by atoms with Crippen LogP contribution >= 0.6 is 34.8 Å². The number of pyridine rings is 1. The maximum absolute atomic E-state index is 10.7. The number of aromatic nitrogens is 1. The summed E-state index contributed by atoms with van der Waals surface area (Å²) in [5.74, 6) is 0. The second kappa shape index (κ2) is 4.05. The Bertz CT molecular complexity index is 346. The molecule has 0 bridgehead atoms. The van der Waals surface area contributed by atoms with Gasteiger partial charge in [-0.1, -0.05) is 11.6 Å². The highest BCUT2D eigenvalue weighted by Gasteiger charge is 2.10. The van der Waals surface area contributed by atoms with E-state index in [1.165, 1.54) is 12.1 Å². The molecule has 1 heterocycles. The Morgan fingerprint density at radius 3 is 1.77 bits per heavy atom. The Kier molecular flexibility index (Phi) is 3.25. The van der Waals surface area contributed by atoms with Crippen molar-refractivity contribution in [2.45, 2.75) is 0 Å². The molecule has 0 spiro atoms. The van der Waals surface area contributed by atoms with E-state index in [1.54, 1.807) is 0 Å². The summed E-state index contributed by atoms with van der Waals surface area (Å²) >= 11 is 15.9. The van der Waals surface area contributed by atoms with Crippen molar-refractivity contribution in [3.05, 3.63) is 28.5 Å². The standard InChI is InChI=1S/C7H2Cl3NO2/c8-3-1-4(6(9)12)11-5(2-3)7(10)13/h1-2H. The molecule has 0 saturated heterocycles. The Balaban J connectivity index is 3.26. The summed E-state index contributed by atoms with van der Waals surface area (Å²) < 4.78 is 0. The fourth-order valence-electron chi connectivity index (χ4n) is 0.699. The Labute approximate surface area is 88.6 Å². The molecule has 0 amide bonds. The Morgan fingerprint density at radius 1 is 1.08 bits per heavy atom. The van der Waals surface area contributed by atoms with E-state index >= 15 is 0 Å². The Hall–Kier alpha value is -0.640. The van der Waals surface area contributed by atoms with Crippen LogP contribution in [0.25, 0.3) is 0 Å². The number of carbonyl (C=O) groups excluding carboxylic acids is 2. The number of rotatable bonds is 2. The second-order valence-electron chi connectivity index (χ2n) is 2.10. The van der Waals surface area contributed by atoms with Gasteiger partial charge in [-0.2, -0.15) is 0 Å². The molecular formula is C7H2Cl3NO2. The lowest BCUT2D eigenvalue weighted by Crippen LogP contribution is -2.01. The maximum atomic E-state index is 10.7. The largest absolute Gasteiger partial charge is 0.274 e. The summed E-state index contributed by atoms with van der Waals surface area (Å²) in [4.78, 5) is 24.9. The molecule has 1 aromatic heterocycles. The smallest absolute Gasteiger partial charge is 0.270 e. The molecule has 0 fully saturated rings. The van der Waals surface area contributed by atoms with Gasteiger partial charge in [0, 0.05) is 5.02 Å². The highest BCUT2D eigenvalue weighted by atomic mass is 35.5. The van der Waals surface area contributed by atoms with Gasteiger partial charge in [0.15, 0.2) is 0 Å². The van der Waals surface area contributed by atoms with Gasteiger partial charge in [0.25, 0.3) is 10.5 Å². The van der Waals surface area contributed by atoms with Crippen LogP contribution in [0.5, 0.6) is 0 Å². The fourth-order valence-corrected chi connectivity index (χ4v) is 1.10. The van der Waals surface area contributed by atoms with Crippen LogP contribution in [0.2, 0.25) is 5.02 Å². The fraction of sp³-hybridized carbons (Fsp3) is 0. The number of halogens is 3. The van der Waals surface area contributed by atoms with Crippen molar-refractivity contribution in [1.29, 1.82) is 0 Å². The quantitative estimate of drug-likeness (QED) is 0.744. The molecule has 13 heavy (non-hydrogen) atoms. The number of hydrogen-bond donors (Lipinski definition) is 0. The van der Waals surface area contributed by atoms with Crippen LogP contribution in [0.3, 0.4) is 0 Å². The first-order valence-corrected chi connectivity index (χ1v) is 4.21. The van der Waals surface area contributed by atoms with Gasteiger partial charge >= 0.3 is 0 Å². The molecule has 3 nitrogen and oxygen atoms in total. The molecule has 0 aliphatic heterocycles. The number of carbonyl (C=O) groups is 2. The third-order valence-corrected chi connectivity index (χ3v) is 1.80. The van der Waals surface area contributed by atoms with Crippen molar-refractivity contribution in [3.63, 3.8) is 0 Å². The van der Waals surface area contributed by atoms with Crippen LogP contribution in [0.1, 0.15) is 21.0 Å². The van der Waals surface area contributed by atoms with Gasteiger partial charge < -0.3 is 0 Å². The first kappa shape index (κ1) is 10.4. The third-order valence-electron chi connectivity index (χ3n) is 1.19. The second-order valence-corrected chi connectivity index (χ2v) is 3.23. The average molecular weight is 238 g/mol. The van der Waals surface area contributed by atoms with E-state index in [-0.39, 0.29) is 16.4 Å². The summed E-state index contributed by atoms with van der Waals surface area (Å²) in [6, 6.07) is 2.50. The van der Waals surface area contributed by atoms with Crippen LogP contribution < -0.4 is 0 Å². The van der Waals surface area contributed by atoms with Gasteiger partial charge in [0.05, 0.1) is 0 Å². The Morgan fingerprint density at radius 2 is 1.46 bits per heavy atom. The first-order chi connectivity index (χ1) is 6.00. The van der Waals surface area contributed by atoms with Crippen LogP contribution in [0.15, 0.2) is 12.1 Å². The van der Waals surface area contributed by atoms with Crippen molar-refractivity contribution < 1.29 is 9.59 Å². The molecule has 0 atom stereocenters. The summed E-state index contributed by atoms with van der Waals surface area (Å²) in [7, 11) is 0. The minimum atomic E-state index is -0.790. The molecule has 0 aliphatic rings. The van der Waals surface area contributed by atoms with Gasteiger partial charge in [0.2, 0.25) is 0 Å². The van der Waals surface area contributed by atoms with Crippen molar-refractivity contribution in [1.82, 2.24) is 4.98 Å². The van der Waals surface area contributed by atoms with Crippen LogP contribution in [0.4, 0.5) is 0 Å². The predicted octanol–water partition coefficient (Wildman–Crippen LogP) is 2.49. The monoisotopic (exact) mass is 237 g/mol. The van der Waals surface area contributed by atoms with Crippen molar-refractivity contribution >= 4 is 45.3 Å². The number of hydrogen-bond acceptors (Lipinski definition) is 3. The lowest BCUT2D eigenvalue weighted by molar-refractivity contribution is 0.107. The van der Waals surface area contributed by atoms with Gasteiger partial charge in [-0.3, -0.25) is 9.59 Å². The van der Waals surface area contributed by atoms with E-state index in [0.717, 1.165) is 0 Å². The lowest BCUT2D eigenvalue weighted by atomic mass is 10.3. The van der Waals surface area contributed by atoms with E-state index in [9.17, 15) is 9.59 Å². The zero-order valence-electron chi connectivity index (χ0n) is 6.05. The zero-order valence-corrected chi connectivity index (χ0v) is 8.32. The molecule has 1 aromatic rings. The first-order valence-electron chi connectivity index (χ1n) is 3.08. The van der Waals surface area contributed by atoms with Crippen molar-refractivity contribution in [3.8, 4) is 0 Å². The average Bonchev–Trinajstić information content (AvgIpc) is 2.03. The minimum Gasteiger partial charge on any atom is -0.274 e. The molecular weight excluding hydrogens is 236 g/mol. The van der Waals surface area contributed by atoms with Gasteiger partial charge in [0.1, 0.15) is 11.4 Å². The summed E-state index contributed by atoms with van der Waals surface area (Å²) in [6.07, 6.45) is 0. The summed E-state index contributed by atoms with van der Waals surface area (Å²) in [6.45, 7) is 0. The molecule has 0 unspecified atom stereocenters. The zero-order chi connectivity index (χ0) is 10.0. The topological polar surface area (TPSA) is 47.0 Å². The van der Waals surface area contributed by atoms with Crippen molar-refractivity contribution in [2.75, 3.05) is 0 Å². The van der Waals surface area contributed by atoms with Gasteiger partial charge in [-0.05, 0) is 35.3 Å². The molecule has 6 heteroatoms. The van der Waals surface area contributed by atoms with E-state index in [2.05, 4.69) is 4.98 Å².